The highest BCUT2D eigenvalue weighted by atomic mass is 16.5. The van der Waals surface area contributed by atoms with Gasteiger partial charge in [0, 0.05) is 0 Å². The van der Waals surface area contributed by atoms with Crippen LogP contribution in [0.2, 0.25) is 0 Å². The average molecular weight is 335 g/mol. The van der Waals surface area contributed by atoms with Crippen LogP contribution in [0.3, 0.4) is 0 Å². The predicted molar refractivity (Wildman–Crippen MR) is 106 cm³/mol. The van der Waals surface area contributed by atoms with Gasteiger partial charge in [0.15, 0.2) is 5.69 Å². The molecule has 0 fully saturated rings. The van der Waals surface area contributed by atoms with Crippen molar-refractivity contribution in [2.45, 2.75) is 58.3 Å². The zero-order valence-electron chi connectivity index (χ0n) is 15.3. The fourth-order valence-corrected chi connectivity index (χ4v) is 2.90. The van der Waals surface area contributed by atoms with Gasteiger partial charge in [0.1, 0.15) is 5.75 Å². The minimum absolute atomic E-state index is 0.675. The number of hydrogen-bond acceptors (Lipinski definition) is 1. The summed E-state index contributed by atoms with van der Waals surface area (Å²) in [4.78, 5) is 3.42. The maximum Gasteiger partial charge on any atom is 0.187 e. The van der Waals surface area contributed by atoms with E-state index in [1.165, 1.54) is 44.9 Å². The van der Waals surface area contributed by atoms with E-state index in [0.29, 0.717) is 5.69 Å². The second kappa shape index (κ2) is 11.3. The van der Waals surface area contributed by atoms with Crippen molar-refractivity contribution >= 4 is 5.69 Å². The molecule has 0 aromatic heterocycles. The van der Waals surface area contributed by atoms with Crippen LogP contribution in [0.5, 0.6) is 5.75 Å². The van der Waals surface area contributed by atoms with Gasteiger partial charge in [-0.3, -0.25) is 0 Å². The molecule has 2 heteroatoms. The third kappa shape index (κ3) is 7.01. The molecule has 2 nitrogen and oxygen atoms in total. The molecule has 2 aromatic rings. The maximum absolute atomic E-state index is 7.00. The summed E-state index contributed by atoms with van der Waals surface area (Å²) in [5, 5.41) is 0. The van der Waals surface area contributed by atoms with Crippen LogP contribution in [0.4, 0.5) is 5.69 Å². The summed E-state index contributed by atoms with van der Waals surface area (Å²) < 4.78 is 5.84. The first-order chi connectivity index (χ1) is 12.3. The third-order valence-corrected chi connectivity index (χ3v) is 4.45. The standard InChI is InChI=1S/C23H29NO/c1-3-4-5-6-7-8-9-10-19-25-23-17-13-21(14-18-23)20-11-15-22(24-2)16-12-20/h11-18H,3-10,19H2,1H3. The minimum Gasteiger partial charge on any atom is -0.494 e. The normalized spacial score (nSPS) is 10.4. The monoisotopic (exact) mass is 335 g/mol. The maximum atomic E-state index is 7.00. The Morgan fingerprint density at radius 3 is 1.80 bits per heavy atom. The topological polar surface area (TPSA) is 13.6 Å². The number of nitrogens with zero attached hydrogens (tertiary/aromatic N) is 1. The van der Waals surface area contributed by atoms with E-state index in [0.717, 1.165) is 29.9 Å². The molecule has 2 rings (SSSR count). The van der Waals surface area contributed by atoms with Crippen LogP contribution >= 0.6 is 0 Å². The quantitative estimate of drug-likeness (QED) is 0.307. The Kier molecular flexibility index (Phi) is 8.63. The van der Waals surface area contributed by atoms with Crippen molar-refractivity contribution in [3.05, 3.63) is 59.9 Å². The number of unbranched alkanes of at least 4 members (excludes halogenated alkanes) is 7. The number of hydrogen-bond donors (Lipinski definition) is 0. The van der Waals surface area contributed by atoms with Crippen molar-refractivity contribution in [1.29, 1.82) is 0 Å². The summed E-state index contributed by atoms with van der Waals surface area (Å²) in [7, 11) is 0. The smallest absolute Gasteiger partial charge is 0.187 e. The van der Waals surface area contributed by atoms with Crippen LogP contribution in [-0.2, 0) is 0 Å². The van der Waals surface area contributed by atoms with Crippen molar-refractivity contribution in [3.8, 4) is 16.9 Å². The van der Waals surface area contributed by atoms with Gasteiger partial charge in [-0.15, -0.1) is 0 Å². The second-order valence-electron chi connectivity index (χ2n) is 6.51. The molecular formula is C23H29NO. The van der Waals surface area contributed by atoms with Crippen LogP contribution in [0.25, 0.3) is 16.0 Å². The average Bonchev–Trinajstić information content (AvgIpc) is 2.67. The predicted octanol–water partition coefficient (Wildman–Crippen LogP) is 7.42. The lowest BCUT2D eigenvalue weighted by atomic mass is 10.1. The van der Waals surface area contributed by atoms with E-state index >= 15 is 0 Å². The molecule has 0 spiro atoms. The molecule has 0 N–H and O–H groups in total. The third-order valence-electron chi connectivity index (χ3n) is 4.45. The van der Waals surface area contributed by atoms with E-state index < -0.39 is 0 Å². The Hall–Kier alpha value is -2.27. The highest BCUT2D eigenvalue weighted by Gasteiger charge is 2.00. The molecule has 0 aliphatic rings. The molecule has 0 heterocycles. The number of ether oxygens (including phenoxy) is 1. The van der Waals surface area contributed by atoms with Crippen molar-refractivity contribution < 1.29 is 4.74 Å². The Bertz CT molecular complexity index is 637. The fourth-order valence-electron chi connectivity index (χ4n) is 2.90. The minimum atomic E-state index is 0.675. The lowest BCUT2D eigenvalue weighted by molar-refractivity contribution is 0.304. The number of rotatable bonds is 11. The zero-order chi connectivity index (χ0) is 17.7. The molecule has 0 saturated carbocycles. The molecular weight excluding hydrogens is 306 g/mol. The molecule has 0 atom stereocenters. The van der Waals surface area contributed by atoms with Gasteiger partial charge in [-0.1, -0.05) is 88.3 Å². The van der Waals surface area contributed by atoms with E-state index in [4.69, 9.17) is 11.3 Å². The Morgan fingerprint density at radius 1 is 0.720 bits per heavy atom. The summed E-state index contributed by atoms with van der Waals surface area (Å²) in [6.45, 7) is 10.1. The zero-order valence-corrected chi connectivity index (χ0v) is 15.3. The van der Waals surface area contributed by atoms with Crippen molar-refractivity contribution in [2.24, 2.45) is 0 Å². The second-order valence-corrected chi connectivity index (χ2v) is 6.51. The van der Waals surface area contributed by atoms with E-state index in [1.807, 2.05) is 36.4 Å². The first-order valence-corrected chi connectivity index (χ1v) is 9.54. The molecule has 0 saturated heterocycles. The summed E-state index contributed by atoms with van der Waals surface area (Å²) in [5.74, 6) is 0.935. The lowest BCUT2D eigenvalue weighted by Crippen LogP contribution is -1.97. The summed E-state index contributed by atoms with van der Waals surface area (Å²) in [5.41, 5.74) is 2.95. The van der Waals surface area contributed by atoms with E-state index in [9.17, 15) is 0 Å². The summed E-state index contributed by atoms with van der Waals surface area (Å²) >= 11 is 0. The SMILES string of the molecule is [C-]#[N+]c1ccc(-c2ccc(OCCCCCCCCCC)cc2)cc1. The molecule has 0 aliphatic heterocycles. The van der Waals surface area contributed by atoms with Crippen LogP contribution < -0.4 is 4.74 Å². The molecule has 0 aliphatic carbocycles. The molecule has 2 aromatic carbocycles. The molecule has 132 valence electrons. The molecule has 25 heavy (non-hydrogen) atoms. The molecule has 0 amide bonds. The largest absolute Gasteiger partial charge is 0.494 e. The fraction of sp³-hybridized carbons (Fsp3) is 0.435. The van der Waals surface area contributed by atoms with Crippen LogP contribution in [0.15, 0.2) is 48.5 Å². The van der Waals surface area contributed by atoms with Gasteiger partial charge in [0.2, 0.25) is 0 Å². The molecule has 0 unspecified atom stereocenters. The molecule has 0 bridgehead atoms. The van der Waals surface area contributed by atoms with Gasteiger partial charge in [-0.2, -0.15) is 0 Å². The molecule has 0 radical (unpaired) electrons. The van der Waals surface area contributed by atoms with Gasteiger partial charge in [-0.05, 0) is 29.7 Å². The van der Waals surface area contributed by atoms with Gasteiger partial charge < -0.3 is 4.74 Å². The Labute approximate surface area is 152 Å². The lowest BCUT2D eigenvalue weighted by Gasteiger charge is -2.08. The van der Waals surface area contributed by atoms with Gasteiger partial charge >= 0.3 is 0 Å². The highest BCUT2D eigenvalue weighted by molar-refractivity contribution is 5.66. The Balaban J connectivity index is 1.66. The van der Waals surface area contributed by atoms with Crippen LogP contribution in [0, 0.1) is 6.57 Å². The van der Waals surface area contributed by atoms with E-state index in [-0.39, 0.29) is 0 Å². The first kappa shape index (κ1) is 19.1. The van der Waals surface area contributed by atoms with E-state index in [2.05, 4.69) is 23.9 Å². The highest BCUT2D eigenvalue weighted by Crippen LogP contribution is 2.24. The summed E-state index contributed by atoms with van der Waals surface area (Å²) in [6, 6.07) is 15.9. The van der Waals surface area contributed by atoms with Gasteiger partial charge in [-0.25, -0.2) is 4.85 Å². The summed E-state index contributed by atoms with van der Waals surface area (Å²) in [6.07, 6.45) is 10.5. The van der Waals surface area contributed by atoms with Crippen LogP contribution in [0.1, 0.15) is 58.3 Å². The van der Waals surface area contributed by atoms with Crippen molar-refractivity contribution in [1.82, 2.24) is 0 Å². The number of benzene rings is 2. The van der Waals surface area contributed by atoms with E-state index in [1.54, 1.807) is 0 Å². The Morgan fingerprint density at radius 2 is 1.24 bits per heavy atom. The van der Waals surface area contributed by atoms with Gasteiger partial charge in [0.25, 0.3) is 0 Å². The van der Waals surface area contributed by atoms with Crippen molar-refractivity contribution in [2.75, 3.05) is 6.61 Å². The van der Waals surface area contributed by atoms with Gasteiger partial charge in [0.05, 0.1) is 13.2 Å². The van der Waals surface area contributed by atoms with Crippen LogP contribution in [-0.4, -0.2) is 6.61 Å². The first-order valence-electron chi connectivity index (χ1n) is 9.54. The van der Waals surface area contributed by atoms with Crippen molar-refractivity contribution in [3.63, 3.8) is 0 Å².